The zero-order valence-corrected chi connectivity index (χ0v) is 10.1. The molecule has 1 aromatic heterocycles. The standard InChI is InChI=1S/C13H16N2S/c1-10(8-13-6-3-7-16-13)15-12-5-2-4-11(14)9-12/h2-7,9-10,15H,8,14H2,1H3. The first kappa shape index (κ1) is 11.0. The second-order valence-corrected chi connectivity index (χ2v) is 4.99. The molecule has 16 heavy (non-hydrogen) atoms. The van der Waals surface area contributed by atoms with Crippen LogP contribution in [0.4, 0.5) is 11.4 Å². The fourth-order valence-corrected chi connectivity index (χ4v) is 2.53. The van der Waals surface area contributed by atoms with Gasteiger partial charge < -0.3 is 11.1 Å². The second-order valence-electron chi connectivity index (χ2n) is 3.95. The third-order valence-electron chi connectivity index (χ3n) is 2.39. The molecule has 3 N–H and O–H groups in total. The molecular formula is C13H16N2S. The largest absolute Gasteiger partial charge is 0.399 e. The topological polar surface area (TPSA) is 38.0 Å². The number of thiophene rings is 1. The van der Waals surface area contributed by atoms with Crippen molar-refractivity contribution in [1.82, 2.24) is 0 Å². The number of hydrogen-bond donors (Lipinski definition) is 2. The lowest BCUT2D eigenvalue weighted by Crippen LogP contribution is -2.17. The van der Waals surface area contributed by atoms with Crippen molar-refractivity contribution in [3.8, 4) is 0 Å². The van der Waals surface area contributed by atoms with E-state index >= 15 is 0 Å². The fraction of sp³-hybridized carbons (Fsp3) is 0.231. The van der Waals surface area contributed by atoms with Crippen LogP contribution in [0.1, 0.15) is 11.8 Å². The zero-order chi connectivity index (χ0) is 11.4. The number of benzene rings is 1. The molecule has 0 amide bonds. The molecule has 2 rings (SSSR count). The summed E-state index contributed by atoms with van der Waals surface area (Å²) in [4.78, 5) is 1.41. The highest BCUT2D eigenvalue weighted by atomic mass is 32.1. The minimum Gasteiger partial charge on any atom is -0.399 e. The van der Waals surface area contributed by atoms with E-state index in [0.29, 0.717) is 6.04 Å². The van der Waals surface area contributed by atoms with Gasteiger partial charge >= 0.3 is 0 Å². The van der Waals surface area contributed by atoms with Gasteiger partial charge in [-0.05, 0) is 36.6 Å². The summed E-state index contributed by atoms with van der Waals surface area (Å²) in [6, 6.07) is 12.5. The Kier molecular flexibility index (Phi) is 3.47. The highest BCUT2D eigenvalue weighted by Crippen LogP contribution is 2.16. The molecule has 84 valence electrons. The van der Waals surface area contributed by atoms with Crippen molar-refractivity contribution in [2.24, 2.45) is 0 Å². The first-order valence-corrected chi connectivity index (χ1v) is 6.26. The summed E-state index contributed by atoms with van der Waals surface area (Å²) in [5, 5.41) is 5.56. The molecule has 0 saturated heterocycles. The Morgan fingerprint density at radius 2 is 2.19 bits per heavy atom. The quantitative estimate of drug-likeness (QED) is 0.793. The molecule has 0 radical (unpaired) electrons. The van der Waals surface area contributed by atoms with Gasteiger partial charge in [-0.2, -0.15) is 0 Å². The molecule has 0 spiro atoms. The van der Waals surface area contributed by atoms with E-state index < -0.39 is 0 Å². The van der Waals surface area contributed by atoms with Crippen LogP contribution in [-0.4, -0.2) is 6.04 Å². The first-order chi connectivity index (χ1) is 7.74. The Morgan fingerprint density at radius 3 is 2.88 bits per heavy atom. The summed E-state index contributed by atoms with van der Waals surface area (Å²) < 4.78 is 0. The van der Waals surface area contributed by atoms with Crippen molar-refractivity contribution >= 4 is 22.7 Å². The summed E-state index contributed by atoms with van der Waals surface area (Å²) in [5.74, 6) is 0. The molecule has 1 unspecified atom stereocenters. The smallest absolute Gasteiger partial charge is 0.0362 e. The minimum absolute atomic E-state index is 0.417. The van der Waals surface area contributed by atoms with E-state index in [0.717, 1.165) is 17.8 Å². The number of nitrogens with one attached hydrogen (secondary N) is 1. The predicted molar refractivity (Wildman–Crippen MR) is 72.0 cm³/mol. The van der Waals surface area contributed by atoms with Gasteiger partial charge in [0.25, 0.3) is 0 Å². The molecule has 2 aromatic rings. The third-order valence-corrected chi connectivity index (χ3v) is 3.29. The monoisotopic (exact) mass is 232 g/mol. The van der Waals surface area contributed by atoms with Gasteiger partial charge in [0.1, 0.15) is 0 Å². The Balaban J connectivity index is 1.94. The van der Waals surface area contributed by atoms with Crippen molar-refractivity contribution in [2.45, 2.75) is 19.4 Å². The maximum atomic E-state index is 5.73. The molecule has 0 aliphatic carbocycles. The average molecular weight is 232 g/mol. The van der Waals surface area contributed by atoms with Gasteiger partial charge in [-0.15, -0.1) is 11.3 Å². The van der Waals surface area contributed by atoms with E-state index in [1.165, 1.54) is 4.88 Å². The van der Waals surface area contributed by atoms with Gasteiger partial charge in [0.2, 0.25) is 0 Å². The second kappa shape index (κ2) is 5.03. The highest BCUT2D eigenvalue weighted by Gasteiger charge is 2.04. The van der Waals surface area contributed by atoms with E-state index in [2.05, 4.69) is 29.8 Å². The third kappa shape index (κ3) is 3.00. The molecule has 1 heterocycles. The van der Waals surface area contributed by atoms with E-state index in [4.69, 9.17) is 5.73 Å². The maximum Gasteiger partial charge on any atom is 0.0362 e. The first-order valence-electron chi connectivity index (χ1n) is 5.38. The summed E-state index contributed by atoms with van der Waals surface area (Å²) in [7, 11) is 0. The fourth-order valence-electron chi connectivity index (χ4n) is 1.69. The number of nitrogen functional groups attached to an aromatic ring is 1. The van der Waals surface area contributed by atoms with E-state index in [1.807, 2.05) is 24.3 Å². The number of hydrogen-bond acceptors (Lipinski definition) is 3. The molecule has 1 aromatic carbocycles. The Hall–Kier alpha value is -1.48. The van der Waals surface area contributed by atoms with Crippen LogP contribution in [0.2, 0.25) is 0 Å². The SMILES string of the molecule is CC(Cc1cccs1)Nc1cccc(N)c1. The van der Waals surface area contributed by atoms with Crippen LogP contribution < -0.4 is 11.1 Å². The van der Waals surface area contributed by atoms with Crippen LogP contribution in [0.25, 0.3) is 0 Å². The molecule has 0 aliphatic rings. The van der Waals surface area contributed by atoms with Gasteiger partial charge in [0.05, 0.1) is 0 Å². The van der Waals surface area contributed by atoms with Gasteiger partial charge in [-0.1, -0.05) is 12.1 Å². The van der Waals surface area contributed by atoms with Gasteiger partial charge in [-0.25, -0.2) is 0 Å². The van der Waals surface area contributed by atoms with Crippen molar-refractivity contribution < 1.29 is 0 Å². The van der Waals surface area contributed by atoms with Gasteiger partial charge in [-0.3, -0.25) is 0 Å². The summed E-state index contributed by atoms with van der Waals surface area (Å²) in [6.07, 6.45) is 1.05. The Labute approximate surface area is 100 Å². The van der Waals surface area contributed by atoms with Crippen LogP contribution in [0, 0.1) is 0 Å². The van der Waals surface area contributed by atoms with Crippen LogP contribution in [0.3, 0.4) is 0 Å². The average Bonchev–Trinajstić information content (AvgIpc) is 2.70. The van der Waals surface area contributed by atoms with Crippen LogP contribution in [-0.2, 0) is 6.42 Å². The summed E-state index contributed by atoms with van der Waals surface area (Å²) in [6.45, 7) is 2.18. The molecule has 3 heteroatoms. The van der Waals surface area contributed by atoms with Crippen molar-refractivity contribution in [3.63, 3.8) is 0 Å². The minimum atomic E-state index is 0.417. The van der Waals surface area contributed by atoms with Crippen molar-refractivity contribution in [3.05, 3.63) is 46.7 Å². The summed E-state index contributed by atoms with van der Waals surface area (Å²) >= 11 is 1.80. The molecule has 0 aliphatic heterocycles. The molecule has 2 nitrogen and oxygen atoms in total. The number of rotatable bonds is 4. The van der Waals surface area contributed by atoms with E-state index in [1.54, 1.807) is 11.3 Å². The van der Waals surface area contributed by atoms with Crippen molar-refractivity contribution in [1.29, 1.82) is 0 Å². The molecular weight excluding hydrogens is 216 g/mol. The predicted octanol–water partition coefficient (Wildman–Crippen LogP) is 3.37. The molecule has 0 fully saturated rings. The van der Waals surface area contributed by atoms with E-state index in [-0.39, 0.29) is 0 Å². The Morgan fingerprint density at radius 1 is 1.31 bits per heavy atom. The number of nitrogens with two attached hydrogens (primary N) is 1. The van der Waals surface area contributed by atoms with Gasteiger partial charge in [0, 0.05) is 28.7 Å². The lowest BCUT2D eigenvalue weighted by Gasteiger charge is -2.14. The van der Waals surface area contributed by atoms with Crippen LogP contribution in [0.5, 0.6) is 0 Å². The van der Waals surface area contributed by atoms with Gasteiger partial charge in [0.15, 0.2) is 0 Å². The number of anilines is 2. The normalized spacial score (nSPS) is 12.3. The lowest BCUT2D eigenvalue weighted by atomic mass is 10.2. The lowest BCUT2D eigenvalue weighted by molar-refractivity contribution is 0.801. The van der Waals surface area contributed by atoms with Crippen LogP contribution >= 0.6 is 11.3 Å². The van der Waals surface area contributed by atoms with E-state index in [9.17, 15) is 0 Å². The Bertz CT molecular complexity index is 437. The highest BCUT2D eigenvalue weighted by molar-refractivity contribution is 7.09. The molecule has 0 saturated carbocycles. The van der Waals surface area contributed by atoms with Crippen molar-refractivity contribution in [2.75, 3.05) is 11.1 Å². The molecule has 1 atom stereocenters. The maximum absolute atomic E-state index is 5.73. The van der Waals surface area contributed by atoms with Crippen LogP contribution in [0.15, 0.2) is 41.8 Å². The molecule has 0 bridgehead atoms. The zero-order valence-electron chi connectivity index (χ0n) is 9.31. The summed E-state index contributed by atoms with van der Waals surface area (Å²) in [5.41, 5.74) is 7.62.